The first-order chi connectivity index (χ1) is 28.9. The number of pyridine rings is 1. The van der Waals surface area contributed by atoms with Gasteiger partial charge in [0.05, 0.1) is 42.2 Å². The van der Waals surface area contributed by atoms with Crippen molar-refractivity contribution in [3.63, 3.8) is 0 Å². The molecule has 2 heterocycles. The van der Waals surface area contributed by atoms with Crippen LogP contribution in [-0.4, -0.2) is 62.6 Å². The molecule has 0 fully saturated rings. The zero-order chi connectivity index (χ0) is 42.8. The summed E-state index contributed by atoms with van der Waals surface area (Å²) in [6.07, 6.45) is 0.285. The fourth-order valence-corrected chi connectivity index (χ4v) is 7.15. The molecule has 0 bridgehead atoms. The zero-order valence-electron chi connectivity index (χ0n) is 33.1. The summed E-state index contributed by atoms with van der Waals surface area (Å²) in [7, 11) is 0. The number of hydrogen-bond acceptors (Lipinski definition) is 11. The zero-order valence-corrected chi connectivity index (χ0v) is 33.8. The molecule has 0 aliphatic rings. The molecule has 2 atom stereocenters. The number of aliphatic hydroxyl groups is 2. The highest BCUT2D eigenvalue weighted by Gasteiger charge is 2.17. The summed E-state index contributed by atoms with van der Waals surface area (Å²) in [4.78, 5) is 26.0. The van der Waals surface area contributed by atoms with Crippen LogP contribution in [0, 0.1) is 25.2 Å². The van der Waals surface area contributed by atoms with Gasteiger partial charge in [-0.3, -0.25) is 14.6 Å². The van der Waals surface area contributed by atoms with E-state index in [9.17, 15) is 25.1 Å². The molecule has 0 radical (unpaired) electrons. The molecule has 2 aromatic heterocycles. The molecule has 310 valence electrons. The van der Waals surface area contributed by atoms with Crippen LogP contribution in [-0.2, 0) is 35.9 Å². The van der Waals surface area contributed by atoms with Crippen LogP contribution in [0.5, 0.6) is 11.5 Å². The third-order valence-electron chi connectivity index (χ3n) is 9.96. The number of hydrogen-bond donors (Lipinski definition) is 6. The number of nitrogens with one attached hydrogen (secondary N) is 2. The van der Waals surface area contributed by atoms with Crippen LogP contribution in [0.15, 0.2) is 95.7 Å². The number of carboxylic acid groups (broad SMARTS) is 2. The van der Waals surface area contributed by atoms with Crippen LogP contribution >= 0.6 is 11.6 Å². The summed E-state index contributed by atoms with van der Waals surface area (Å²) >= 11 is 6.77. The Kier molecular flexibility index (Phi) is 14.5. The van der Waals surface area contributed by atoms with Crippen molar-refractivity contribution in [1.82, 2.24) is 15.6 Å². The summed E-state index contributed by atoms with van der Waals surface area (Å²) in [5.41, 5.74) is 9.74. The molecular formula is C46H45ClN4O9. The third kappa shape index (κ3) is 11.3. The number of ether oxygens (including phenoxy) is 2. The number of benzene rings is 4. The number of aromatic nitrogens is 1. The summed E-state index contributed by atoms with van der Waals surface area (Å²) < 4.78 is 18.5. The van der Waals surface area contributed by atoms with Gasteiger partial charge in [0, 0.05) is 54.6 Å². The van der Waals surface area contributed by atoms with Gasteiger partial charge in [-0.05, 0) is 83.1 Å². The second-order valence-corrected chi connectivity index (χ2v) is 14.9. The van der Waals surface area contributed by atoms with Gasteiger partial charge >= 0.3 is 11.9 Å². The van der Waals surface area contributed by atoms with Crippen molar-refractivity contribution in [3.8, 4) is 39.8 Å². The average molecular weight is 833 g/mol. The highest BCUT2D eigenvalue weighted by molar-refractivity contribution is 6.32. The maximum absolute atomic E-state index is 11.0. The van der Waals surface area contributed by atoms with Crippen molar-refractivity contribution >= 4 is 34.5 Å². The van der Waals surface area contributed by atoms with Crippen LogP contribution in [0.4, 0.5) is 0 Å². The van der Waals surface area contributed by atoms with E-state index in [2.05, 4.69) is 59.8 Å². The number of carboxylic acids is 2. The number of furan rings is 1. The van der Waals surface area contributed by atoms with E-state index < -0.39 is 30.6 Å². The van der Waals surface area contributed by atoms with Gasteiger partial charge in [0.1, 0.15) is 42.1 Å². The van der Waals surface area contributed by atoms with E-state index in [1.54, 1.807) is 24.4 Å². The highest BCUT2D eigenvalue weighted by atomic mass is 35.5. The van der Waals surface area contributed by atoms with Crippen LogP contribution < -0.4 is 20.1 Å². The normalized spacial score (nSPS) is 12.2. The van der Waals surface area contributed by atoms with Crippen LogP contribution in [0.2, 0.25) is 5.02 Å². The lowest BCUT2D eigenvalue weighted by Gasteiger charge is -2.18. The molecule has 13 nitrogen and oxygen atoms in total. The number of nitrogens with zero attached hydrogens (tertiary/aromatic N) is 2. The minimum absolute atomic E-state index is 0.0408. The fraction of sp³-hybridized carbons (Fsp3) is 0.261. The first kappa shape index (κ1) is 43.3. The Morgan fingerprint density at radius 2 is 1.45 bits per heavy atom. The van der Waals surface area contributed by atoms with Crippen LogP contribution in [0.25, 0.3) is 33.2 Å². The van der Waals surface area contributed by atoms with Crippen molar-refractivity contribution < 1.29 is 43.9 Å². The molecule has 0 aliphatic heterocycles. The number of aliphatic carboxylic acids is 2. The first-order valence-corrected chi connectivity index (χ1v) is 19.6. The Labute approximate surface area is 351 Å². The summed E-state index contributed by atoms with van der Waals surface area (Å²) in [5, 5.41) is 54.5. The molecular weight excluding hydrogens is 788 g/mol. The molecule has 6 rings (SSSR count). The number of rotatable bonds is 20. The number of aliphatic hydroxyl groups excluding tert-OH is 2. The van der Waals surface area contributed by atoms with Gasteiger partial charge in [0.2, 0.25) is 0 Å². The Hall–Kier alpha value is -6.27. The summed E-state index contributed by atoms with van der Waals surface area (Å²) in [5.74, 6) is -0.646. The molecule has 60 heavy (non-hydrogen) atoms. The van der Waals surface area contributed by atoms with Gasteiger partial charge in [-0.25, -0.2) is 0 Å². The number of fused-ring (bicyclic) bond motifs is 1. The van der Waals surface area contributed by atoms with Crippen molar-refractivity contribution in [3.05, 3.63) is 135 Å². The topological polar surface area (TPSA) is 207 Å². The van der Waals surface area contributed by atoms with E-state index in [-0.39, 0.29) is 39.3 Å². The lowest BCUT2D eigenvalue weighted by molar-refractivity contribution is -0.140. The van der Waals surface area contributed by atoms with Crippen molar-refractivity contribution in [2.75, 3.05) is 13.1 Å². The molecule has 0 spiro atoms. The standard InChI is InChI=1S/C46H45ClN4O9/c1-27-32(26-59-44-17-43(58-25-30-11-29(18-48)19-49-20-30)34(14-41(44)47)21-50-22-35(52)15-45(54)55)5-3-7-39(27)40-8-4-6-38(28(40)2)31-9-10-42-33(12-31)13-37(60-42)24-51-23-36(53)16-46(56)57/h3-14,17,19-20,35-36,50-53H,15-16,21-26H2,1-2H3,(H,54,55)(H,56,57). The van der Waals surface area contributed by atoms with Gasteiger partial charge in [-0.15, -0.1) is 0 Å². The predicted octanol–water partition coefficient (Wildman–Crippen LogP) is 7.31. The molecule has 6 N–H and O–H groups in total. The maximum atomic E-state index is 11.0. The van der Waals surface area contributed by atoms with Gasteiger partial charge < -0.3 is 45.0 Å². The molecule has 6 aromatic rings. The van der Waals surface area contributed by atoms with Gasteiger partial charge in [0.25, 0.3) is 0 Å². The highest BCUT2D eigenvalue weighted by Crippen LogP contribution is 2.37. The second kappa shape index (κ2) is 20.1. The molecule has 14 heteroatoms. The molecule has 0 saturated heterocycles. The maximum Gasteiger partial charge on any atom is 0.306 e. The number of halogens is 1. The Balaban J connectivity index is 1.19. The summed E-state index contributed by atoms with van der Waals surface area (Å²) in [6, 6.07) is 27.5. The average Bonchev–Trinajstić information content (AvgIpc) is 3.62. The van der Waals surface area contributed by atoms with E-state index in [4.69, 9.17) is 35.7 Å². The van der Waals surface area contributed by atoms with Crippen molar-refractivity contribution in [2.45, 2.75) is 65.2 Å². The smallest absolute Gasteiger partial charge is 0.306 e. The van der Waals surface area contributed by atoms with Gasteiger partial charge in [0.15, 0.2) is 0 Å². The SMILES string of the molecule is Cc1c(COc2cc(OCc3cncc(C#N)c3)c(CNCC(O)CC(=O)O)cc2Cl)cccc1-c1cccc(-c2ccc3oc(CNCC(O)CC(=O)O)cc3c2)c1C. The van der Waals surface area contributed by atoms with Crippen LogP contribution in [0.3, 0.4) is 0 Å². The quantitative estimate of drug-likeness (QED) is 0.0447. The monoisotopic (exact) mass is 832 g/mol. The number of carbonyl (C=O) groups is 2. The lowest BCUT2D eigenvalue weighted by Crippen LogP contribution is -2.28. The molecule has 0 aliphatic carbocycles. The fourth-order valence-electron chi connectivity index (χ4n) is 6.91. The molecule has 4 aromatic carbocycles. The first-order valence-electron chi connectivity index (χ1n) is 19.2. The van der Waals surface area contributed by atoms with E-state index in [0.717, 1.165) is 49.9 Å². The third-order valence-corrected chi connectivity index (χ3v) is 10.3. The molecule has 2 unspecified atom stereocenters. The Morgan fingerprint density at radius 3 is 2.17 bits per heavy atom. The number of nitriles is 1. The Bertz CT molecular complexity index is 2530. The van der Waals surface area contributed by atoms with Crippen LogP contribution in [0.1, 0.15) is 52.0 Å². The van der Waals surface area contributed by atoms with Gasteiger partial charge in [-0.2, -0.15) is 5.26 Å². The van der Waals surface area contributed by atoms with Gasteiger partial charge in [-0.1, -0.05) is 54.1 Å². The minimum Gasteiger partial charge on any atom is -0.488 e. The van der Waals surface area contributed by atoms with Crippen molar-refractivity contribution in [2.24, 2.45) is 0 Å². The van der Waals surface area contributed by atoms with E-state index in [0.29, 0.717) is 45.5 Å². The summed E-state index contributed by atoms with van der Waals surface area (Å²) in [6.45, 7) is 5.21. The van der Waals surface area contributed by atoms with E-state index in [1.807, 2.05) is 36.4 Å². The predicted molar refractivity (Wildman–Crippen MR) is 226 cm³/mol. The Morgan fingerprint density at radius 1 is 0.783 bits per heavy atom. The lowest BCUT2D eigenvalue weighted by atomic mass is 9.89. The van der Waals surface area contributed by atoms with E-state index in [1.165, 1.54) is 6.20 Å². The second-order valence-electron chi connectivity index (χ2n) is 14.5. The van der Waals surface area contributed by atoms with E-state index >= 15 is 0 Å². The largest absolute Gasteiger partial charge is 0.488 e. The minimum atomic E-state index is -1.10. The molecule has 0 amide bonds. The van der Waals surface area contributed by atoms with Crippen molar-refractivity contribution in [1.29, 1.82) is 5.26 Å². The molecule has 0 saturated carbocycles.